The van der Waals surface area contributed by atoms with Crippen molar-refractivity contribution in [2.24, 2.45) is 0 Å². The van der Waals surface area contributed by atoms with E-state index < -0.39 is 0 Å². The highest BCUT2D eigenvalue weighted by molar-refractivity contribution is 6.06. The Morgan fingerprint density at radius 3 is 2.68 bits per heavy atom. The van der Waals surface area contributed by atoms with Gasteiger partial charge in [-0.1, -0.05) is 30.3 Å². The van der Waals surface area contributed by atoms with Crippen molar-refractivity contribution in [2.45, 2.75) is 0 Å². The van der Waals surface area contributed by atoms with Gasteiger partial charge in [-0.05, 0) is 12.2 Å². The van der Waals surface area contributed by atoms with Gasteiger partial charge in [0, 0.05) is 11.6 Å². The summed E-state index contributed by atoms with van der Waals surface area (Å²) >= 11 is 0. The number of rotatable bonds is 4. The fourth-order valence-electron chi connectivity index (χ4n) is 1.56. The van der Waals surface area contributed by atoms with E-state index in [4.69, 9.17) is 4.74 Å². The van der Waals surface area contributed by atoms with Gasteiger partial charge in [-0.15, -0.1) is 0 Å². The molecule has 0 bridgehead atoms. The van der Waals surface area contributed by atoms with Crippen LogP contribution in [0.3, 0.4) is 0 Å². The van der Waals surface area contributed by atoms with Crippen molar-refractivity contribution >= 4 is 11.9 Å². The second-order valence-corrected chi connectivity index (χ2v) is 3.84. The smallest absolute Gasteiger partial charge is 0.185 e. The molecule has 1 heterocycles. The van der Waals surface area contributed by atoms with Crippen LogP contribution in [-0.2, 0) is 0 Å². The number of methoxy groups -OCH3 is 1. The highest BCUT2D eigenvalue weighted by atomic mass is 16.5. The van der Waals surface area contributed by atoms with Crippen molar-refractivity contribution in [3.63, 3.8) is 0 Å². The first kappa shape index (κ1) is 12.8. The summed E-state index contributed by atoms with van der Waals surface area (Å²) in [5, 5.41) is 9.59. The summed E-state index contributed by atoms with van der Waals surface area (Å²) in [5.74, 6) is 0.175. The predicted octanol–water partition coefficient (Wildman–Crippen LogP) is 2.69. The lowest BCUT2D eigenvalue weighted by Crippen LogP contribution is -1.93. The number of ketones is 1. The van der Waals surface area contributed by atoms with Crippen LogP contribution in [0.1, 0.15) is 16.1 Å². The number of ether oxygens (including phenoxy) is 1. The summed E-state index contributed by atoms with van der Waals surface area (Å²) in [4.78, 5) is 15.9. The molecule has 0 unspecified atom stereocenters. The summed E-state index contributed by atoms with van der Waals surface area (Å²) in [6.07, 6.45) is 4.38. The number of carbonyl (C=O) groups is 1. The SMILES string of the molecule is COc1cnc(/C=C/C(=O)c2ccccc2)cc1O. The Kier molecular flexibility index (Phi) is 3.93. The molecule has 0 saturated heterocycles. The van der Waals surface area contributed by atoms with E-state index in [0.29, 0.717) is 17.0 Å². The van der Waals surface area contributed by atoms with E-state index in [2.05, 4.69) is 4.98 Å². The predicted molar refractivity (Wildman–Crippen MR) is 72.3 cm³/mol. The van der Waals surface area contributed by atoms with E-state index in [1.165, 1.54) is 25.4 Å². The first-order valence-electron chi connectivity index (χ1n) is 5.71. The summed E-state index contributed by atoms with van der Waals surface area (Å²) < 4.78 is 4.89. The molecule has 0 atom stereocenters. The number of benzene rings is 1. The average Bonchev–Trinajstić information content (AvgIpc) is 2.46. The lowest BCUT2D eigenvalue weighted by atomic mass is 10.1. The Hall–Kier alpha value is -2.62. The van der Waals surface area contributed by atoms with E-state index in [1.807, 2.05) is 6.07 Å². The van der Waals surface area contributed by atoms with E-state index in [9.17, 15) is 9.90 Å². The maximum absolute atomic E-state index is 11.8. The molecule has 4 heteroatoms. The summed E-state index contributed by atoms with van der Waals surface area (Å²) in [5.41, 5.74) is 1.10. The number of pyridine rings is 1. The van der Waals surface area contributed by atoms with Gasteiger partial charge >= 0.3 is 0 Å². The zero-order valence-corrected chi connectivity index (χ0v) is 10.4. The topological polar surface area (TPSA) is 59.4 Å². The van der Waals surface area contributed by atoms with Crippen LogP contribution in [-0.4, -0.2) is 23.0 Å². The molecule has 0 spiro atoms. The number of aromatic hydroxyl groups is 1. The molecule has 4 nitrogen and oxygen atoms in total. The normalized spacial score (nSPS) is 10.6. The zero-order valence-electron chi connectivity index (χ0n) is 10.4. The third-order valence-electron chi connectivity index (χ3n) is 2.55. The molecule has 0 radical (unpaired) electrons. The Morgan fingerprint density at radius 1 is 1.32 bits per heavy atom. The molecule has 96 valence electrons. The minimum absolute atomic E-state index is 0.00990. The highest BCUT2D eigenvalue weighted by Crippen LogP contribution is 2.24. The standard InChI is InChI=1S/C15H13NO3/c1-19-15-10-16-12(9-14(15)18)7-8-13(17)11-5-3-2-4-6-11/h2-10H,1H3,(H,16,18)/b8-7+. The second-order valence-electron chi connectivity index (χ2n) is 3.84. The first-order chi connectivity index (χ1) is 9.20. The zero-order chi connectivity index (χ0) is 13.7. The van der Waals surface area contributed by atoms with Gasteiger partial charge in [-0.2, -0.15) is 0 Å². The molecule has 1 aromatic carbocycles. The maximum atomic E-state index is 11.8. The van der Waals surface area contributed by atoms with Crippen LogP contribution in [0.25, 0.3) is 6.08 Å². The van der Waals surface area contributed by atoms with Crippen molar-refractivity contribution < 1.29 is 14.6 Å². The Bertz CT molecular complexity index is 606. The van der Waals surface area contributed by atoms with Gasteiger partial charge in [0.1, 0.15) is 0 Å². The molecule has 1 aromatic heterocycles. The molecule has 19 heavy (non-hydrogen) atoms. The molecule has 0 aliphatic carbocycles. The third-order valence-corrected chi connectivity index (χ3v) is 2.55. The third kappa shape index (κ3) is 3.19. The summed E-state index contributed by atoms with van der Waals surface area (Å²) in [6.45, 7) is 0. The van der Waals surface area contributed by atoms with E-state index >= 15 is 0 Å². The van der Waals surface area contributed by atoms with Crippen molar-refractivity contribution in [2.75, 3.05) is 7.11 Å². The lowest BCUT2D eigenvalue weighted by molar-refractivity contribution is 0.104. The largest absolute Gasteiger partial charge is 0.504 e. The first-order valence-corrected chi connectivity index (χ1v) is 5.71. The number of aromatic nitrogens is 1. The lowest BCUT2D eigenvalue weighted by Gasteiger charge is -2.02. The highest BCUT2D eigenvalue weighted by Gasteiger charge is 2.03. The van der Waals surface area contributed by atoms with Gasteiger partial charge in [-0.25, -0.2) is 0 Å². The molecule has 0 amide bonds. The van der Waals surface area contributed by atoms with Crippen molar-refractivity contribution in [3.8, 4) is 11.5 Å². The fraction of sp³-hybridized carbons (Fsp3) is 0.0667. The molecule has 0 saturated carbocycles. The van der Waals surface area contributed by atoms with Crippen molar-refractivity contribution in [1.29, 1.82) is 0 Å². The molecular weight excluding hydrogens is 242 g/mol. The number of hydrogen-bond donors (Lipinski definition) is 1. The van der Waals surface area contributed by atoms with Gasteiger partial charge in [-0.3, -0.25) is 9.78 Å². The number of hydrogen-bond acceptors (Lipinski definition) is 4. The van der Waals surface area contributed by atoms with Crippen LogP contribution in [0, 0.1) is 0 Å². The van der Waals surface area contributed by atoms with Crippen LogP contribution in [0.4, 0.5) is 0 Å². The van der Waals surface area contributed by atoms with Gasteiger partial charge in [0.15, 0.2) is 17.3 Å². The van der Waals surface area contributed by atoms with Gasteiger partial charge in [0.05, 0.1) is 19.0 Å². The van der Waals surface area contributed by atoms with Crippen LogP contribution in [0.2, 0.25) is 0 Å². The van der Waals surface area contributed by atoms with Gasteiger partial charge < -0.3 is 9.84 Å². The molecule has 2 rings (SSSR count). The summed E-state index contributed by atoms with van der Waals surface area (Å²) in [6, 6.07) is 10.4. The monoisotopic (exact) mass is 255 g/mol. The number of nitrogens with zero attached hydrogens (tertiary/aromatic N) is 1. The molecular formula is C15H13NO3. The van der Waals surface area contributed by atoms with Crippen LogP contribution < -0.4 is 4.74 Å². The second kappa shape index (κ2) is 5.82. The van der Waals surface area contributed by atoms with E-state index in [-0.39, 0.29) is 11.5 Å². The quantitative estimate of drug-likeness (QED) is 0.674. The van der Waals surface area contributed by atoms with Crippen LogP contribution in [0.5, 0.6) is 11.5 Å². The van der Waals surface area contributed by atoms with E-state index in [0.717, 1.165) is 0 Å². The van der Waals surface area contributed by atoms with Crippen molar-refractivity contribution in [1.82, 2.24) is 4.98 Å². The minimum atomic E-state index is -0.113. The molecule has 2 aromatic rings. The molecule has 0 aliphatic rings. The average molecular weight is 255 g/mol. The van der Waals surface area contributed by atoms with Gasteiger partial charge in [0.25, 0.3) is 0 Å². The molecule has 1 N–H and O–H groups in total. The Balaban J connectivity index is 2.15. The number of allylic oxidation sites excluding steroid dienone is 1. The fourth-order valence-corrected chi connectivity index (χ4v) is 1.56. The van der Waals surface area contributed by atoms with Crippen LogP contribution >= 0.6 is 0 Å². The number of carbonyl (C=O) groups excluding carboxylic acids is 1. The Morgan fingerprint density at radius 2 is 2.05 bits per heavy atom. The molecule has 0 fully saturated rings. The maximum Gasteiger partial charge on any atom is 0.185 e. The van der Waals surface area contributed by atoms with Crippen LogP contribution in [0.15, 0.2) is 48.7 Å². The van der Waals surface area contributed by atoms with Gasteiger partial charge in [0.2, 0.25) is 0 Å². The van der Waals surface area contributed by atoms with Crippen molar-refractivity contribution in [3.05, 3.63) is 59.9 Å². The summed E-state index contributed by atoms with van der Waals surface area (Å²) in [7, 11) is 1.45. The minimum Gasteiger partial charge on any atom is -0.504 e. The molecule has 0 aliphatic heterocycles. The Labute approximate surface area is 111 Å². The van der Waals surface area contributed by atoms with E-state index in [1.54, 1.807) is 30.3 Å².